The van der Waals surface area contributed by atoms with Crippen molar-refractivity contribution < 1.29 is 4.79 Å². The largest absolute Gasteiger partial charge is 0.355 e. The van der Waals surface area contributed by atoms with E-state index >= 15 is 0 Å². The maximum atomic E-state index is 12.7. The highest BCUT2D eigenvalue weighted by Gasteiger charge is 2.19. The summed E-state index contributed by atoms with van der Waals surface area (Å²) in [5.74, 6) is 1.64. The molecule has 1 fully saturated rings. The lowest BCUT2D eigenvalue weighted by Gasteiger charge is -2.31. The number of benzene rings is 1. The lowest BCUT2D eigenvalue weighted by Crippen LogP contribution is -2.35. The molecule has 1 aliphatic heterocycles. The van der Waals surface area contributed by atoms with Crippen LogP contribution in [-0.4, -0.2) is 29.0 Å². The average Bonchev–Trinajstić information content (AvgIpc) is 2.63. The van der Waals surface area contributed by atoms with Crippen LogP contribution in [0.25, 0.3) is 0 Å². The summed E-state index contributed by atoms with van der Waals surface area (Å²) in [7, 11) is 0. The Morgan fingerprint density at radius 3 is 2.73 bits per heavy atom. The third-order valence-electron chi connectivity index (χ3n) is 5.02. The minimum absolute atomic E-state index is 0.215. The lowest BCUT2D eigenvalue weighted by molar-refractivity contribution is 0.102. The molecule has 138 valence electrons. The molecule has 5 nitrogen and oxygen atoms in total. The maximum absolute atomic E-state index is 12.7. The van der Waals surface area contributed by atoms with E-state index in [4.69, 9.17) is 0 Å². The van der Waals surface area contributed by atoms with Gasteiger partial charge in [-0.15, -0.1) is 0 Å². The molecule has 3 rings (SSSR count). The predicted molar refractivity (Wildman–Crippen MR) is 106 cm³/mol. The first-order valence-electron chi connectivity index (χ1n) is 9.43. The SMILES string of the molecule is Cc1cccc(C(C)C)c1NC(=O)c1cnc(N2CCCC(C)C2)cn1. The van der Waals surface area contributed by atoms with Crippen LogP contribution >= 0.6 is 0 Å². The van der Waals surface area contributed by atoms with Crippen LogP contribution in [0.15, 0.2) is 30.6 Å². The highest BCUT2D eigenvalue weighted by atomic mass is 16.1. The van der Waals surface area contributed by atoms with Crippen LogP contribution < -0.4 is 10.2 Å². The topological polar surface area (TPSA) is 58.1 Å². The second-order valence-electron chi connectivity index (χ2n) is 7.60. The monoisotopic (exact) mass is 352 g/mol. The minimum Gasteiger partial charge on any atom is -0.355 e. The van der Waals surface area contributed by atoms with Crippen molar-refractivity contribution in [2.75, 3.05) is 23.3 Å². The van der Waals surface area contributed by atoms with Crippen molar-refractivity contribution in [1.29, 1.82) is 0 Å². The van der Waals surface area contributed by atoms with Gasteiger partial charge in [-0.3, -0.25) is 4.79 Å². The number of anilines is 2. The third-order valence-corrected chi connectivity index (χ3v) is 5.02. The number of aromatic nitrogens is 2. The molecule has 0 radical (unpaired) electrons. The van der Waals surface area contributed by atoms with Gasteiger partial charge in [0.25, 0.3) is 5.91 Å². The van der Waals surface area contributed by atoms with Crippen molar-refractivity contribution >= 4 is 17.4 Å². The van der Waals surface area contributed by atoms with Gasteiger partial charge in [0.2, 0.25) is 0 Å². The number of para-hydroxylation sites is 1. The van der Waals surface area contributed by atoms with E-state index < -0.39 is 0 Å². The summed E-state index contributed by atoms with van der Waals surface area (Å²) in [6.07, 6.45) is 5.74. The molecule has 1 aromatic heterocycles. The number of amides is 1. The minimum atomic E-state index is -0.215. The Hall–Kier alpha value is -2.43. The van der Waals surface area contributed by atoms with E-state index in [-0.39, 0.29) is 5.91 Å². The number of carbonyl (C=O) groups is 1. The van der Waals surface area contributed by atoms with Crippen LogP contribution in [-0.2, 0) is 0 Å². The smallest absolute Gasteiger partial charge is 0.275 e. The van der Waals surface area contributed by atoms with E-state index in [1.807, 2.05) is 19.1 Å². The number of piperidine rings is 1. The molecule has 2 heterocycles. The van der Waals surface area contributed by atoms with E-state index in [0.717, 1.165) is 35.7 Å². The van der Waals surface area contributed by atoms with Crippen molar-refractivity contribution in [3.05, 3.63) is 47.4 Å². The van der Waals surface area contributed by atoms with Crippen molar-refractivity contribution in [2.24, 2.45) is 5.92 Å². The van der Waals surface area contributed by atoms with Gasteiger partial charge in [-0.1, -0.05) is 39.0 Å². The Labute approximate surface area is 155 Å². The predicted octanol–water partition coefficient (Wildman–Crippen LogP) is 4.40. The van der Waals surface area contributed by atoms with E-state index in [1.54, 1.807) is 12.4 Å². The molecule has 1 amide bonds. The number of hydrogen-bond donors (Lipinski definition) is 1. The summed E-state index contributed by atoms with van der Waals surface area (Å²) in [4.78, 5) is 23.7. The number of nitrogens with one attached hydrogen (secondary N) is 1. The molecule has 1 aliphatic rings. The molecule has 26 heavy (non-hydrogen) atoms. The zero-order valence-corrected chi connectivity index (χ0v) is 16.1. The Bertz CT molecular complexity index is 770. The summed E-state index contributed by atoms with van der Waals surface area (Å²) in [6, 6.07) is 6.09. The van der Waals surface area contributed by atoms with Gasteiger partial charge in [0.15, 0.2) is 0 Å². The summed E-state index contributed by atoms with van der Waals surface area (Å²) in [5.41, 5.74) is 3.40. The first-order valence-corrected chi connectivity index (χ1v) is 9.43. The number of aryl methyl sites for hydroxylation is 1. The van der Waals surface area contributed by atoms with Crippen molar-refractivity contribution in [2.45, 2.75) is 46.5 Å². The molecule has 1 atom stereocenters. The van der Waals surface area contributed by atoms with Crippen LogP contribution in [0.2, 0.25) is 0 Å². The molecule has 5 heteroatoms. The molecule has 1 N–H and O–H groups in total. The molecule has 1 unspecified atom stereocenters. The molecule has 2 aromatic rings. The Kier molecular flexibility index (Phi) is 5.55. The Morgan fingerprint density at radius 1 is 1.27 bits per heavy atom. The summed E-state index contributed by atoms with van der Waals surface area (Å²) < 4.78 is 0. The van der Waals surface area contributed by atoms with E-state index in [0.29, 0.717) is 17.5 Å². The average molecular weight is 352 g/mol. The maximum Gasteiger partial charge on any atom is 0.275 e. The van der Waals surface area contributed by atoms with Crippen LogP contribution in [0.1, 0.15) is 61.1 Å². The number of hydrogen-bond acceptors (Lipinski definition) is 4. The van der Waals surface area contributed by atoms with Crippen molar-refractivity contribution in [1.82, 2.24) is 9.97 Å². The zero-order chi connectivity index (χ0) is 18.7. The highest BCUT2D eigenvalue weighted by molar-refractivity contribution is 6.03. The van der Waals surface area contributed by atoms with Crippen LogP contribution in [0, 0.1) is 12.8 Å². The standard InChI is InChI=1S/C21H28N4O/c1-14(2)17-9-5-8-16(4)20(17)24-21(26)18-11-23-19(12-22-18)25-10-6-7-15(3)13-25/h5,8-9,11-12,14-15H,6-7,10,13H2,1-4H3,(H,24,26). The van der Waals surface area contributed by atoms with Gasteiger partial charge in [-0.05, 0) is 42.7 Å². The third kappa shape index (κ3) is 4.03. The second-order valence-corrected chi connectivity index (χ2v) is 7.60. The number of nitrogens with zero attached hydrogens (tertiary/aromatic N) is 3. The molecule has 0 aliphatic carbocycles. The van der Waals surface area contributed by atoms with Gasteiger partial charge in [-0.2, -0.15) is 0 Å². The molecular formula is C21H28N4O. The fraction of sp³-hybridized carbons (Fsp3) is 0.476. The molecule has 0 saturated carbocycles. The summed E-state index contributed by atoms with van der Waals surface area (Å²) in [5, 5.41) is 3.03. The molecular weight excluding hydrogens is 324 g/mol. The van der Waals surface area contributed by atoms with Gasteiger partial charge >= 0.3 is 0 Å². The van der Waals surface area contributed by atoms with Gasteiger partial charge in [0.05, 0.1) is 12.4 Å². The lowest BCUT2D eigenvalue weighted by atomic mass is 9.98. The Morgan fingerprint density at radius 2 is 2.08 bits per heavy atom. The van der Waals surface area contributed by atoms with Gasteiger partial charge in [-0.25, -0.2) is 9.97 Å². The van der Waals surface area contributed by atoms with E-state index in [1.165, 1.54) is 12.8 Å². The van der Waals surface area contributed by atoms with E-state index in [2.05, 4.69) is 47.0 Å². The number of carbonyl (C=O) groups excluding carboxylic acids is 1. The fourth-order valence-corrected chi connectivity index (χ4v) is 3.52. The van der Waals surface area contributed by atoms with Crippen LogP contribution in [0.4, 0.5) is 11.5 Å². The summed E-state index contributed by atoms with van der Waals surface area (Å²) in [6.45, 7) is 10.5. The van der Waals surface area contributed by atoms with Gasteiger partial charge < -0.3 is 10.2 Å². The van der Waals surface area contributed by atoms with Crippen molar-refractivity contribution in [3.63, 3.8) is 0 Å². The fourth-order valence-electron chi connectivity index (χ4n) is 3.52. The normalized spacial score (nSPS) is 17.4. The van der Waals surface area contributed by atoms with Crippen LogP contribution in [0.3, 0.4) is 0 Å². The first kappa shape index (κ1) is 18.4. The van der Waals surface area contributed by atoms with Crippen molar-refractivity contribution in [3.8, 4) is 0 Å². The van der Waals surface area contributed by atoms with Gasteiger partial charge in [0.1, 0.15) is 11.5 Å². The highest BCUT2D eigenvalue weighted by Crippen LogP contribution is 2.28. The van der Waals surface area contributed by atoms with Gasteiger partial charge in [0, 0.05) is 18.8 Å². The summed E-state index contributed by atoms with van der Waals surface area (Å²) >= 11 is 0. The molecule has 0 bridgehead atoms. The molecule has 1 aromatic carbocycles. The van der Waals surface area contributed by atoms with E-state index in [9.17, 15) is 4.79 Å². The first-order chi connectivity index (χ1) is 12.5. The Balaban J connectivity index is 1.75. The van der Waals surface area contributed by atoms with Crippen LogP contribution in [0.5, 0.6) is 0 Å². The number of rotatable bonds is 4. The zero-order valence-electron chi connectivity index (χ0n) is 16.1. The molecule has 1 saturated heterocycles. The molecule has 0 spiro atoms. The second kappa shape index (κ2) is 7.85. The quantitative estimate of drug-likeness (QED) is 0.886.